The van der Waals surface area contributed by atoms with Gasteiger partial charge in [0.05, 0.1) is 11.3 Å². The van der Waals surface area contributed by atoms with Crippen LogP contribution in [-0.2, 0) is 20.6 Å². The van der Waals surface area contributed by atoms with Crippen LogP contribution in [0, 0.1) is 0 Å². The number of hydrogen-bond donors (Lipinski definition) is 2. The standard InChI is InChI=1S/C21H21NO5S/c1-13(21(23)24)15-8-5-9-16-19-17(10-11-18(19)27-20(15)16)22-28(25,26)12-14-6-3-2-4-7-14/h2-9,17-19,22H,1,10-12H2,(H,23,24). The van der Waals surface area contributed by atoms with Crippen molar-refractivity contribution in [1.82, 2.24) is 4.72 Å². The van der Waals surface area contributed by atoms with E-state index in [4.69, 9.17) is 4.74 Å². The van der Waals surface area contributed by atoms with Crippen molar-refractivity contribution in [2.24, 2.45) is 0 Å². The van der Waals surface area contributed by atoms with E-state index >= 15 is 0 Å². The molecule has 2 aromatic rings. The Morgan fingerprint density at radius 1 is 1.14 bits per heavy atom. The van der Waals surface area contributed by atoms with Gasteiger partial charge in [-0.05, 0) is 18.4 Å². The van der Waals surface area contributed by atoms with Gasteiger partial charge in [-0.25, -0.2) is 17.9 Å². The molecule has 0 aromatic heterocycles. The normalized spacial score (nSPS) is 22.9. The fourth-order valence-corrected chi connectivity index (χ4v) is 5.60. The van der Waals surface area contributed by atoms with E-state index in [1.165, 1.54) is 0 Å². The lowest BCUT2D eigenvalue weighted by atomic mass is 9.92. The van der Waals surface area contributed by atoms with Gasteiger partial charge in [0.1, 0.15) is 11.9 Å². The van der Waals surface area contributed by atoms with Crippen LogP contribution in [0.3, 0.4) is 0 Å². The Bertz CT molecular complexity index is 1030. The van der Waals surface area contributed by atoms with Gasteiger partial charge in [-0.1, -0.05) is 55.1 Å². The summed E-state index contributed by atoms with van der Waals surface area (Å²) >= 11 is 0. The van der Waals surface area contributed by atoms with Crippen molar-refractivity contribution in [2.75, 3.05) is 0 Å². The number of sulfonamides is 1. The molecule has 146 valence electrons. The van der Waals surface area contributed by atoms with Crippen LogP contribution in [0.15, 0.2) is 55.1 Å². The Morgan fingerprint density at radius 2 is 1.89 bits per heavy atom. The topological polar surface area (TPSA) is 92.7 Å². The zero-order chi connectivity index (χ0) is 19.9. The fourth-order valence-electron chi connectivity index (χ4n) is 4.16. The molecule has 3 atom stereocenters. The zero-order valence-electron chi connectivity index (χ0n) is 15.2. The van der Waals surface area contributed by atoms with E-state index in [1.807, 2.05) is 24.3 Å². The van der Waals surface area contributed by atoms with Gasteiger partial charge in [0.2, 0.25) is 10.0 Å². The van der Waals surface area contributed by atoms with Crippen LogP contribution in [0.5, 0.6) is 5.75 Å². The van der Waals surface area contributed by atoms with Gasteiger partial charge in [-0.15, -0.1) is 0 Å². The Kier molecular flexibility index (Phi) is 4.72. The molecule has 4 rings (SSSR count). The number of benzene rings is 2. The lowest BCUT2D eigenvalue weighted by molar-refractivity contribution is -0.130. The first-order valence-corrected chi connectivity index (χ1v) is 10.8. The maximum Gasteiger partial charge on any atom is 0.335 e. The average molecular weight is 399 g/mol. The SMILES string of the molecule is C=C(C(=O)O)c1cccc2c1OC1CCC(NS(=O)(=O)Cc3ccccc3)C21. The van der Waals surface area contributed by atoms with E-state index in [0.717, 1.165) is 11.1 Å². The maximum absolute atomic E-state index is 12.7. The van der Waals surface area contributed by atoms with E-state index in [9.17, 15) is 18.3 Å². The van der Waals surface area contributed by atoms with Crippen LogP contribution in [0.4, 0.5) is 0 Å². The highest BCUT2D eigenvalue weighted by Crippen LogP contribution is 2.49. The number of rotatable bonds is 6. The van der Waals surface area contributed by atoms with Crippen LogP contribution in [0.1, 0.15) is 35.4 Å². The second-order valence-electron chi connectivity index (χ2n) is 7.24. The maximum atomic E-state index is 12.7. The molecule has 0 bridgehead atoms. The van der Waals surface area contributed by atoms with Crippen molar-refractivity contribution in [3.05, 3.63) is 71.8 Å². The molecule has 1 aliphatic carbocycles. The van der Waals surface area contributed by atoms with Crippen molar-refractivity contribution < 1.29 is 23.1 Å². The third kappa shape index (κ3) is 3.43. The summed E-state index contributed by atoms with van der Waals surface area (Å²) in [4.78, 5) is 11.3. The number of carboxylic acid groups (broad SMARTS) is 1. The second kappa shape index (κ2) is 7.07. The van der Waals surface area contributed by atoms with Crippen LogP contribution in [0.2, 0.25) is 0 Å². The Balaban J connectivity index is 1.59. The largest absolute Gasteiger partial charge is 0.489 e. The third-order valence-corrected chi connectivity index (χ3v) is 6.76. The summed E-state index contributed by atoms with van der Waals surface area (Å²) in [5, 5.41) is 9.27. The summed E-state index contributed by atoms with van der Waals surface area (Å²) in [6.07, 6.45) is 1.21. The first-order chi connectivity index (χ1) is 13.4. The lowest BCUT2D eigenvalue weighted by Gasteiger charge is -2.19. The van der Waals surface area contributed by atoms with Crippen molar-refractivity contribution in [2.45, 2.75) is 36.7 Å². The van der Waals surface area contributed by atoms with Crippen LogP contribution >= 0.6 is 0 Å². The molecule has 3 unspecified atom stereocenters. The molecule has 0 spiro atoms. The number of hydrogen-bond acceptors (Lipinski definition) is 4. The van der Waals surface area contributed by atoms with Crippen molar-refractivity contribution >= 4 is 21.6 Å². The number of fused-ring (bicyclic) bond motifs is 3. The predicted octanol–water partition coefficient (Wildman–Crippen LogP) is 2.91. The van der Waals surface area contributed by atoms with E-state index < -0.39 is 16.0 Å². The highest BCUT2D eigenvalue weighted by atomic mass is 32.2. The number of nitrogens with one attached hydrogen (secondary N) is 1. The summed E-state index contributed by atoms with van der Waals surface area (Å²) in [5.74, 6) is -0.807. The van der Waals surface area contributed by atoms with Gasteiger partial charge in [-0.3, -0.25) is 0 Å². The lowest BCUT2D eigenvalue weighted by Crippen LogP contribution is -2.38. The Morgan fingerprint density at radius 3 is 2.61 bits per heavy atom. The van der Waals surface area contributed by atoms with Crippen LogP contribution in [0.25, 0.3) is 5.57 Å². The van der Waals surface area contributed by atoms with Crippen molar-refractivity contribution in [1.29, 1.82) is 0 Å². The first-order valence-electron chi connectivity index (χ1n) is 9.12. The summed E-state index contributed by atoms with van der Waals surface area (Å²) in [5.41, 5.74) is 1.99. The van der Waals surface area contributed by atoms with Crippen LogP contribution in [-0.4, -0.2) is 31.6 Å². The number of aliphatic carboxylic acids is 1. The van der Waals surface area contributed by atoms with E-state index in [0.29, 0.717) is 24.2 Å². The fraction of sp³-hybridized carbons (Fsp3) is 0.286. The third-order valence-electron chi connectivity index (χ3n) is 5.38. The zero-order valence-corrected chi connectivity index (χ0v) is 16.0. The number of para-hydroxylation sites is 1. The molecule has 28 heavy (non-hydrogen) atoms. The highest BCUT2D eigenvalue weighted by molar-refractivity contribution is 7.88. The van der Waals surface area contributed by atoms with Gasteiger partial charge in [-0.2, -0.15) is 0 Å². The second-order valence-corrected chi connectivity index (χ2v) is 8.99. The molecule has 2 N–H and O–H groups in total. The van der Waals surface area contributed by atoms with Gasteiger partial charge >= 0.3 is 5.97 Å². The van der Waals surface area contributed by atoms with E-state index in [-0.39, 0.29) is 29.4 Å². The van der Waals surface area contributed by atoms with Gasteiger partial charge in [0, 0.05) is 23.1 Å². The number of carboxylic acids is 1. The number of carbonyl (C=O) groups is 1. The molecule has 0 saturated heterocycles. The Labute approximate surface area is 163 Å². The van der Waals surface area contributed by atoms with E-state index in [1.54, 1.807) is 24.3 Å². The molecule has 6 nitrogen and oxygen atoms in total. The summed E-state index contributed by atoms with van der Waals surface area (Å²) in [6.45, 7) is 3.63. The smallest absolute Gasteiger partial charge is 0.335 e. The minimum absolute atomic E-state index is 0.0296. The molecular formula is C21H21NO5S. The molecule has 1 fully saturated rings. The van der Waals surface area contributed by atoms with E-state index in [2.05, 4.69) is 11.3 Å². The van der Waals surface area contributed by atoms with Gasteiger partial charge < -0.3 is 9.84 Å². The Hall–Kier alpha value is -2.64. The van der Waals surface area contributed by atoms with Gasteiger partial charge in [0.25, 0.3) is 0 Å². The van der Waals surface area contributed by atoms with Crippen molar-refractivity contribution in [3.8, 4) is 5.75 Å². The molecule has 1 aliphatic heterocycles. The molecule has 0 amide bonds. The molecule has 7 heteroatoms. The summed E-state index contributed by atoms with van der Waals surface area (Å²) in [7, 11) is -3.52. The molecule has 1 heterocycles. The average Bonchev–Trinajstić information content (AvgIpc) is 3.21. The molecule has 0 radical (unpaired) electrons. The summed E-state index contributed by atoms with van der Waals surface area (Å²) in [6, 6.07) is 14.1. The monoisotopic (exact) mass is 399 g/mol. The van der Waals surface area contributed by atoms with Crippen molar-refractivity contribution in [3.63, 3.8) is 0 Å². The first kappa shape index (κ1) is 18.7. The van der Waals surface area contributed by atoms with Gasteiger partial charge in [0.15, 0.2) is 0 Å². The molecule has 2 aliphatic rings. The molecule has 1 saturated carbocycles. The molecular weight excluding hydrogens is 378 g/mol. The molecule has 2 aromatic carbocycles. The van der Waals surface area contributed by atoms with Crippen LogP contribution < -0.4 is 9.46 Å². The minimum atomic E-state index is -3.52. The number of ether oxygens (including phenoxy) is 1. The minimum Gasteiger partial charge on any atom is -0.489 e. The highest BCUT2D eigenvalue weighted by Gasteiger charge is 2.46. The summed E-state index contributed by atoms with van der Waals surface area (Å²) < 4.78 is 34.2. The predicted molar refractivity (Wildman–Crippen MR) is 105 cm³/mol. The quantitative estimate of drug-likeness (QED) is 0.729.